The van der Waals surface area contributed by atoms with Crippen molar-refractivity contribution in [1.29, 1.82) is 0 Å². The molecule has 1 unspecified atom stereocenters. The summed E-state index contributed by atoms with van der Waals surface area (Å²) in [6.07, 6.45) is 2.31. The highest BCUT2D eigenvalue weighted by atomic mass is 32.2. The van der Waals surface area contributed by atoms with E-state index in [1.165, 1.54) is 13.1 Å². The molecule has 1 heterocycles. The zero-order valence-electron chi connectivity index (χ0n) is 12.5. The Kier molecular flexibility index (Phi) is 4.46. The van der Waals surface area contributed by atoms with Gasteiger partial charge in [-0.1, -0.05) is 0 Å². The van der Waals surface area contributed by atoms with E-state index in [-0.39, 0.29) is 4.90 Å². The Morgan fingerprint density at radius 3 is 2.67 bits per heavy atom. The van der Waals surface area contributed by atoms with E-state index in [4.69, 9.17) is 5.73 Å². The molecule has 1 aliphatic heterocycles. The van der Waals surface area contributed by atoms with Crippen LogP contribution in [0.2, 0.25) is 0 Å². The van der Waals surface area contributed by atoms with E-state index in [2.05, 4.69) is 9.62 Å². The van der Waals surface area contributed by atoms with Gasteiger partial charge in [-0.2, -0.15) is 0 Å². The number of nitrogens with one attached hydrogen (secondary N) is 1. The molecule has 0 radical (unpaired) electrons. The number of rotatable bonds is 3. The average Bonchev–Trinajstić information content (AvgIpc) is 2.60. The first-order chi connectivity index (χ1) is 9.75. The largest absolute Gasteiger partial charge is 0.397 e. The van der Waals surface area contributed by atoms with Crippen molar-refractivity contribution in [3.63, 3.8) is 0 Å². The van der Waals surface area contributed by atoms with Crippen molar-refractivity contribution in [3.8, 4) is 0 Å². The number of anilines is 2. The van der Waals surface area contributed by atoms with Gasteiger partial charge in [0.1, 0.15) is 0 Å². The zero-order chi connectivity index (χ0) is 15.7. The lowest BCUT2D eigenvalue weighted by atomic mass is 9.98. The van der Waals surface area contributed by atoms with Gasteiger partial charge in [-0.05, 0) is 51.4 Å². The van der Waals surface area contributed by atoms with Crippen LogP contribution >= 0.6 is 0 Å². The zero-order valence-corrected chi connectivity index (χ0v) is 13.3. The topological polar surface area (TPSA) is 95.7 Å². The SMILES string of the molecule is CNS(=O)(=O)c1ccc(N2CCCC(C)(O)CC2)c(N)c1. The van der Waals surface area contributed by atoms with Crippen LogP contribution in [0.1, 0.15) is 26.2 Å². The first kappa shape index (κ1) is 16.1. The summed E-state index contributed by atoms with van der Waals surface area (Å²) in [4.78, 5) is 2.26. The molecule has 0 amide bonds. The van der Waals surface area contributed by atoms with Crippen LogP contribution in [0.4, 0.5) is 11.4 Å². The summed E-state index contributed by atoms with van der Waals surface area (Å²) in [7, 11) is -2.11. The Morgan fingerprint density at radius 1 is 1.33 bits per heavy atom. The molecular weight excluding hydrogens is 290 g/mol. The number of benzene rings is 1. The van der Waals surface area contributed by atoms with E-state index in [1.54, 1.807) is 12.1 Å². The highest BCUT2D eigenvalue weighted by Gasteiger charge is 2.26. The maximum atomic E-state index is 11.8. The van der Waals surface area contributed by atoms with Crippen LogP contribution in [0.15, 0.2) is 23.1 Å². The Labute approximate surface area is 126 Å². The standard InChI is InChI=1S/C14H23N3O3S/c1-14(18)6-3-8-17(9-7-14)13-5-4-11(10-12(13)15)21(19,20)16-2/h4-5,10,16,18H,3,6-9,15H2,1-2H3. The van der Waals surface area contributed by atoms with Gasteiger partial charge in [0.2, 0.25) is 10.0 Å². The minimum atomic E-state index is -3.48. The number of nitrogens with two attached hydrogens (primary N) is 1. The second-order valence-corrected chi connectivity index (χ2v) is 7.65. The van der Waals surface area contributed by atoms with Gasteiger partial charge in [-0.3, -0.25) is 0 Å². The molecule has 4 N–H and O–H groups in total. The third kappa shape index (κ3) is 3.66. The molecular formula is C14H23N3O3S. The number of hydrogen-bond acceptors (Lipinski definition) is 5. The third-order valence-electron chi connectivity index (χ3n) is 3.98. The van der Waals surface area contributed by atoms with E-state index >= 15 is 0 Å². The molecule has 1 aromatic carbocycles. The summed E-state index contributed by atoms with van der Waals surface area (Å²) in [5.74, 6) is 0. The first-order valence-corrected chi connectivity index (χ1v) is 8.54. The molecule has 0 spiro atoms. The van der Waals surface area contributed by atoms with Gasteiger partial charge in [0.05, 0.1) is 21.9 Å². The van der Waals surface area contributed by atoms with Gasteiger partial charge < -0.3 is 15.7 Å². The Morgan fingerprint density at radius 2 is 2.05 bits per heavy atom. The van der Waals surface area contributed by atoms with Crippen LogP contribution in [0.25, 0.3) is 0 Å². The van der Waals surface area contributed by atoms with Crippen molar-refractivity contribution in [2.75, 3.05) is 30.8 Å². The maximum absolute atomic E-state index is 11.8. The molecule has 0 bridgehead atoms. The molecule has 7 heteroatoms. The van der Waals surface area contributed by atoms with E-state index in [0.717, 1.165) is 25.1 Å². The van der Waals surface area contributed by atoms with Gasteiger partial charge in [0.15, 0.2) is 0 Å². The maximum Gasteiger partial charge on any atom is 0.240 e. The fraction of sp³-hybridized carbons (Fsp3) is 0.571. The summed E-state index contributed by atoms with van der Waals surface area (Å²) in [6.45, 7) is 3.36. The Bertz CT molecular complexity index is 614. The minimum Gasteiger partial charge on any atom is -0.397 e. The van der Waals surface area contributed by atoms with Crippen molar-refractivity contribution < 1.29 is 13.5 Å². The highest BCUT2D eigenvalue weighted by Crippen LogP contribution is 2.30. The molecule has 0 saturated carbocycles. The highest BCUT2D eigenvalue weighted by molar-refractivity contribution is 7.89. The summed E-state index contributed by atoms with van der Waals surface area (Å²) in [5.41, 5.74) is 6.65. The molecule has 118 valence electrons. The lowest BCUT2D eigenvalue weighted by molar-refractivity contribution is 0.0481. The molecule has 0 aliphatic carbocycles. The second-order valence-electron chi connectivity index (χ2n) is 5.77. The first-order valence-electron chi connectivity index (χ1n) is 7.06. The third-order valence-corrected chi connectivity index (χ3v) is 5.39. The van der Waals surface area contributed by atoms with Gasteiger partial charge in [0, 0.05) is 13.1 Å². The summed E-state index contributed by atoms with van der Waals surface area (Å²) in [6, 6.07) is 4.77. The predicted molar refractivity (Wildman–Crippen MR) is 83.8 cm³/mol. The van der Waals surface area contributed by atoms with Gasteiger partial charge in [0.25, 0.3) is 0 Å². The average molecular weight is 313 g/mol. The van der Waals surface area contributed by atoms with E-state index in [9.17, 15) is 13.5 Å². The normalized spacial score (nSPS) is 23.9. The minimum absolute atomic E-state index is 0.160. The lowest BCUT2D eigenvalue weighted by Crippen LogP contribution is -2.29. The molecule has 1 fully saturated rings. The number of aliphatic hydroxyl groups is 1. The van der Waals surface area contributed by atoms with Gasteiger partial charge in [-0.25, -0.2) is 13.1 Å². The van der Waals surface area contributed by atoms with Gasteiger partial charge in [-0.15, -0.1) is 0 Å². The lowest BCUT2D eigenvalue weighted by Gasteiger charge is -2.25. The fourth-order valence-corrected chi connectivity index (χ4v) is 3.37. The van der Waals surface area contributed by atoms with Crippen molar-refractivity contribution in [3.05, 3.63) is 18.2 Å². The Balaban J connectivity index is 2.25. The monoisotopic (exact) mass is 313 g/mol. The van der Waals surface area contributed by atoms with Crippen LogP contribution in [0.3, 0.4) is 0 Å². The van der Waals surface area contributed by atoms with Crippen molar-refractivity contribution in [2.24, 2.45) is 0 Å². The molecule has 1 aliphatic rings. The van der Waals surface area contributed by atoms with Crippen LogP contribution < -0.4 is 15.4 Å². The molecule has 1 aromatic rings. The number of sulfonamides is 1. The van der Waals surface area contributed by atoms with Crippen LogP contribution in [-0.4, -0.2) is 39.3 Å². The molecule has 21 heavy (non-hydrogen) atoms. The van der Waals surface area contributed by atoms with Crippen LogP contribution in [0.5, 0.6) is 0 Å². The smallest absolute Gasteiger partial charge is 0.240 e. The molecule has 1 saturated heterocycles. The number of nitrogen functional groups attached to an aromatic ring is 1. The fourth-order valence-electron chi connectivity index (χ4n) is 2.61. The molecule has 6 nitrogen and oxygen atoms in total. The van der Waals surface area contributed by atoms with Crippen molar-refractivity contribution >= 4 is 21.4 Å². The quantitative estimate of drug-likeness (QED) is 0.721. The van der Waals surface area contributed by atoms with E-state index in [0.29, 0.717) is 18.7 Å². The number of hydrogen-bond donors (Lipinski definition) is 3. The Hall–Kier alpha value is -1.31. The summed E-state index contributed by atoms with van der Waals surface area (Å²) >= 11 is 0. The van der Waals surface area contributed by atoms with E-state index in [1.807, 2.05) is 6.92 Å². The second kappa shape index (κ2) is 5.82. The van der Waals surface area contributed by atoms with Crippen LogP contribution in [0, 0.1) is 0 Å². The predicted octanol–water partition coefficient (Wildman–Crippen LogP) is 0.918. The number of nitrogens with zero attached hydrogens (tertiary/aromatic N) is 1. The molecule has 0 aromatic heterocycles. The van der Waals surface area contributed by atoms with Crippen LogP contribution in [-0.2, 0) is 10.0 Å². The molecule has 2 rings (SSSR count). The summed E-state index contributed by atoms with van der Waals surface area (Å²) < 4.78 is 25.8. The van der Waals surface area contributed by atoms with Gasteiger partial charge >= 0.3 is 0 Å². The molecule has 1 atom stereocenters. The van der Waals surface area contributed by atoms with E-state index < -0.39 is 15.6 Å². The van der Waals surface area contributed by atoms with Crippen molar-refractivity contribution in [2.45, 2.75) is 36.7 Å². The van der Waals surface area contributed by atoms with Crippen molar-refractivity contribution in [1.82, 2.24) is 4.72 Å². The summed E-state index contributed by atoms with van der Waals surface area (Å²) in [5, 5.41) is 10.1.